The molecule has 0 saturated heterocycles. The van der Waals surface area contributed by atoms with Crippen molar-refractivity contribution in [2.24, 2.45) is 12.8 Å². The Morgan fingerprint density at radius 1 is 1.35 bits per heavy atom. The van der Waals surface area contributed by atoms with E-state index in [1.807, 2.05) is 6.92 Å². The molecule has 122 valence electrons. The van der Waals surface area contributed by atoms with Crippen LogP contribution in [0.25, 0.3) is 0 Å². The lowest BCUT2D eigenvalue weighted by Crippen LogP contribution is -2.15. The van der Waals surface area contributed by atoms with Crippen LogP contribution in [0.5, 0.6) is 0 Å². The highest BCUT2D eigenvalue weighted by atomic mass is 32.1. The molecule has 0 aromatic carbocycles. The molecular weight excluding hydrogens is 320 g/mol. The Morgan fingerprint density at radius 3 is 2.48 bits per heavy atom. The van der Waals surface area contributed by atoms with Crippen molar-refractivity contribution in [3.05, 3.63) is 33.5 Å². The summed E-state index contributed by atoms with van der Waals surface area (Å²) in [6, 6.07) is 1.61. The van der Waals surface area contributed by atoms with E-state index >= 15 is 0 Å². The average Bonchev–Trinajstić information content (AvgIpc) is 2.99. The van der Waals surface area contributed by atoms with Gasteiger partial charge in [0.15, 0.2) is 5.69 Å². The van der Waals surface area contributed by atoms with Crippen LogP contribution in [0.1, 0.15) is 41.8 Å². The number of hydrogen-bond acceptors (Lipinski definition) is 6. The first-order valence-electron chi connectivity index (χ1n) is 6.59. The molecule has 0 fully saturated rings. The average molecular weight is 336 g/mol. The van der Waals surface area contributed by atoms with Crippen LogP contribution >= 0.6 is 11.3 Å². The zero-order valence-electron chi connectivity index (χ0n) is 13.1. The van der Waals surface area contributed by atoms with Crippen molar-refractivity contribution in [1.82, 2.24) is 9.78 Å². The molecule has 9 heteroatoms. The summed E-state index contributed by atoms with van der Waals surface area (Å²) >= 11 is 0.930. The van der Waals surface area contributed by atoms with Crippen LogP contribution in [0, 0.1) is 13.8 Å². The molecule has 2 amide bonds. The second kappa shape index (κ2) is 6.21. The normalized spacial score (nSPS) is 10.4. The van der Waals surface area contributed by atoms with E-state index in [1.54, 1.807) is 24.7 Å². The number of nitrogens with one attached hydrogen (secondary N) is 1. The number of carbonyl (C=O) groups excluding carboxylic acids is 3. The van der Waals surface area contributed by atoms with Crippen molar-refractivity contribution in [2.75, 3.05) is 12.4 Å². The molecule has 0 aliphatic rings. The van der Waals surface area contributed by atoms with Crippen LogP contribution in [0.15, 0.2) is 6.07 Å². The summed E-state index contributed by atoms with van der Waals surface area (Å²) in [6.45, 7) is 3.38. The number of carbonyl (C=O) groups is 3. The van der Waals surface area contributed by atoms with Gasteiger partial charge in [-0.15, -0.1) is 11.3 Å². The molecule has 0 spiro atoms. The van der Waals surface area contributed by atoms with Gasteiger partial charge in [-0.3, -0.25) is 14.3 Å². The molecule has 23 heavy (non-hydrogen) atoms. The number of nitrogens with two attached hydrogens (primary N) is 1. The van der Waals surface area contributed by atoms with Crippen LogP contribution in [0.2, 0.25) is 0 Å². The van der Waals surface area contributed by atoms with Crippen molar-refractivity contribution in [1.29, 1.82) is 0 Å². The van der Waals surface area contributed by atoms with Crippen molar-refractivity contribution in [3.63, 3.8) is 0 Å². The number of anilines is 1. The van der Waals surface area contributed by atoms with Gasteiger partial charge in [-0.1, -0.05) is 0 Å². The van der Waals surface area contributed by atoms with E-state index in [0.29, 0.717) is 5.56 Å². The minimum atomic E-state index is -0.674. The molecule has 2 aromatic heterocycles. The monoisotopic (exact) mass is 336 g/mol. The van der Waals surface area contributed by atoms with Gasteiger partial charge in [0.05, 0.1) is 17.6 Å². The zero-order valence-corrected chi connectivity index (χ0v) is 13.9. The van der Waals surface area contributed by atoms with Gasteiger partial charge in [-0.05, 0) is 25.5 Å². The fourth-order valence-electron chi connectivity index (χ4n) is 2.02. The third-order valence-electron chi connectivity index (χ3n) is 3.33. The van der Waals surface area contributed by atoms with E-state index in [2.05, 4.69) is 10.4 Å². The minimum absolute atomic E-state index is 0.118. The lowest BCUT2D eigenvalue weighted by atomic mass is 10.1. The van der Waals surface area contributed by atoms with E-state index in [1.165, 1.54) is 7.11 Å². The number of primary amides is 1. The molecule has 0 atom stereocenters. The van der Waals surface area contributed by atoms with Gasteiger partial charge in [0.2, 0.25) is 0 Å². The number of esters is 1. The highest BCUT2D eigenvalue weighted by Crippen LogP contribution is 2.33. The number of methoxy groups -OCH3 is 1. The summed E-state index contributed by atoms with van der Waals surface area (Å²) in [5.41, 5.74) is 6.80. The minimum Gasteiger partial charge on any atom is -0.465 e. The number of rotatable bonds is 4. The molecular formula is C14H16N4O4S. The molecule has 0 bridgehead atoms. The molecule has 0 aliphatic carbocycles. The first-order valence-corrected chi connectivity index (χ1v) is 7.41. The second-order valence-electron chi connectivity index (χ2n) is 4.86. The lowest BCUT2D eigenvalue weighted by Gasteiger charge is -2.04. The predicted molar refractivity (Wildman–Crippen MR) is 84.8 cm³/mol. The Labute approximate surface area is 136 Å². The van der Waals surface area contributed by atoms with E-state index in [4.69, 9.17) is 10.5 Å². The zero-order chi connectivity index (χ0) is 17.3. The number of aryl methyl sites for hydroxylation is 2. The largest absolute Gasteiger partial charge is 0.465 e. The third kappa shape index (κ3) is 3.09. The molecule has 0 saturated carbocycles. The van der Waals surface area contributed by atoms with Crippen LogP contribution in [-0.2, 0) is 11.8 Å². The van der Waals surface area contributed by atoms with Gasteiger partial charge in [-0.2, -0.15) is 5.10 Å². The number of thiophene rings is 1. The van der Waals surface area contributed by atoms with E-state index < -0.39 is 17.8 Å². The molecule has 0 aliphatic heterocycles. The maximum Gasteiger partial charge on any atom is 0.341 e. The Hall–Kier alpha value is -2.68. The SMILES string of the molecule is COC(=O)c1c(NC(=O)c2cc(C)n(C)n2)sc(C(N)=O)c1C. The molecule has 0 unspecified atom stereocenters. The number of hydrogen-bond donors (Lipinski definition) is 2. The number of aromatic nitrogens is 2. The summed E-state index contributed by atoms with van der Waals surface area (Å²) < 4.78 is 6.27. The summed E-state index contributed by atoms with van der Waals surface area (Å²) in [7, 11) is 2.93. The fraction of sp³-hybridized carbons (Fsp3) is 0.286. The molecule has 3 N–H and O–H groups in total. The predicted octanol–water partition coefficient (Wildman–Crippen LogP) is 1.24. The topological polar surface area (TPSA) is 116 Å². The van der Waals surface area contributed by atoms with Gasteiger partial charge in [0.1, 0.15) is 5.00 Å². The van der Waals surface area contributed by atoms with Gasteiger partial charge in [-0.25, -0.2) is 4.79 Å². The van der Waals surface area contributed by atoms with Gasteiger partial charge in [0.25, 0.3) is 11.8 Å². The van der Waals surface area contributed by atoms with Gasteiger partial charge < -0.3 is 15.8 Å². The Kier molecular flexibility index (Phi) is 4.50. The van der Waals surface area contributed by atoms with Crippen LogP contribution in [0.4, 0.5) is 5.00 Å². The first-order chi connectivity index (χ1) is 10.8. The lowest BCUT2D eigenvalue weighted by molar-refractivity contribution is 0.0601. The first kappa shape index (κ1) is 16.7. The van der Waals surface area contributed by atoms with Crippen LogP contribution < -0.4 is 11.1 Å². The van der Waals surface area contributed by atoms with Crippen molar-refractivity contribution >= 4 is 34.1 Å². The summed E-state index contributed by atoms with van der Waals surface area (Å²) in [4.78, 5) is 35.9. The molecule has 2 heterocycles. The van der Waals surface area contributed by atoms with E-state index in [9.17, 15) is 14.4 Å². The molecule has 2 aromatic rings. The van der Waals surface area contributed by atoms with Gasteiger partial charge >= 0.3 is 5.97 Å². The standard InChI is InChI=1S/C14H16N4O4S/c1-6-5-8(17-18(6)3)12(20)16-13-9(14(21)22-4)7(2)10(23-13)11(15)19/h5H,1-4H3,(H2,15,19)(H,16,20). The maximum absolute atomic E-state index is 12.3. The highest BCUT2D eigenvalue weighted by molar-refractivity contribution is 7.18. The van der Waals surface area contributed by atoms with Crippen LogP contribution in [0.3, 0.4) is 0 Å². The van der Waals surface area contributed by atoms with Gasteiger partial charge in [0, 0.05) is 12.7 Å². The molecule has 8 nitrogen and oxygen atoms in total. The molecule has 2 rings (SSSR count). The van der Waals surface area contributed by atoms with Crippen molar-refractivity contribution in [2.45, 2.75) is 13.8 Å². The Balaban J connectivity index is 2.42. The van der Waals surface area contributed by atoms with Crippen LogP contribution in [-0.4, -0.2) is 34.7 Å². The smallest absolute Gasteiger partial charge is 0.341 e. The maximum atomic E-state index is 12.3. The quantitative estimate of drug-likeness (QED) is 0.815. The van der Waals surface area contributed by atoms with E-state index in [0.717, 1.165) is 17.0 Å². The van der Waals surface area contributed by atoms with Crippen molar-refractivity contribution < 1.29 is 19.1 Å². The second-order valence-corrected chi connectivity index (χ2v) is 5.89. The summed E-state index contributed by atoms with van der Waals surface area (Å²) in [5.74, 6) is -1.82. The number of ether oxygens (including phenoxy) is 1. The molecule has 0 radical (unpaired) electrons. The highest BCUT2D eigenvalue weighted by Gasteiger charge is 2.26. The third-order valence-corrected chi connectivity index (χ3v) is 4.56. The summed E-state index contributed by atoms with van der Waals surface area (Å²) in [5, 5.41) is 6.87. The Bertz CT molecular complexity index is 787. The number of nitrogens with zero attached hydrogens (tertiary/aromatic N) is 2. The number of amides is 2. The Morgan fingerprint density at radius 2 is 2.00 bits per heavy atom. The summed E-state index contributed by atoms with van der Waals surface area (Å²) in [6.07, 6.45) is 0. The van der Waals surface area contributed by atoms with Crippen molar-refractivity contribution in [3.8, 4) is 0 Å². The van der Waals surface area contributed by atoms with E-state index in [-0.39, 0.29) is 21.1 Å². The fourth-order valence-corrected chi connectivity index (χ4v) is 3.07.